The lowest BCUT2D eigenvalue weighted by Crippen LogP contribution is -2.02. The van der Waals surface area contributed by atoms with Crippen LogP contribution in [0, 0.1) is 5.82 Å². The average molecular weight is 469 g/mol. The van der Waals surface area contributed by atoms with Gasteiger partial charge in [0.1, 0.15) is 11.5 Å². The monoisotopic (exact) mass is 469 g/mol. The van der Waals surface area contributed by atoms with Crippen molar-refractivity contribution in [1.82, 2.24) is 14.8 Å². The number of nitrogens with one attached hydrogen (secondary N) is 1. The van der Waals surface area contributed by atoms with E-state index in [1.165, 1.54) is 12.1 Å². The lowest BCUT2D eigenvalue weighted by molar-refractivity contribution is 0.0689. The van der Waals surface area contributed by atoms with E-state index in [0.29, 0.717) is 35.7 Å². The maximum Gasteiger partial charge on any atom is 0.354 e. The molecule has 0 atom stereocenters. The Hall–Kier alpha value is -4.59. The number of carboxylic acids is 1. The van der Waals surface area contributed by atoms with Crippen LogP contribution in [0.4, 0.5) is 4.39 Å². The van der Waals surface area contributed by atoms with Crippen molar-refractivity contribution < 1.29 is 23.8 Å². The lowest BCUT2D eigenvalue weighted by Gasteiger charge is -2.06. The number of ether oxygens (including phenoxy) is 2. The highest BCUT2D eigenvalue weighted by atomic mass is 19.1. The molecule has 2 N–H and O–H groups in total. The van der Waals surface area contributed by atoms with Gasteiger partial charge in [-0.2, -0.15) is 5.10 Å². The molecule has 0 aliphatic carbocycles. The molecule has 7 nitrogen and oxygen atoms in total. The number of para-hydroxylation sites is 1. The Morgan fingerprint density at radius 1 is 1.03 bits per heavy atom. The average Bonchev–Trinajstić information content (AvgIpc) is 3.58. The fourth-order valence-electron chi connectivity index (χ4n) is 4.54. The zero-order valence-electron chi connectivity index (χ0n) is 18.5. The van der Waals surface area contributed by atoms with Crippen LogP contribution < -0.4 is 9.47 Å². The number of carboxylic acid groups (broad SMARTS) is 1. The van der Waals surface area contributed by atoms with Crippen LogP contribution in [0.15, 0.2) is 72.9 Å². The molecule has 0 amide bonds. The van der Waals surface area contributed by atoms with E-state index >= 15 is 0 Å². The fourth-order valence-corrected chi connectivity index (χ4v) is 4.54. The van der Waals surface area contributed by atoms with Crippen molar-refractivity contribution in [2.75, 3.05) is 6.79 Å². The van der Waals surface area contributed by atoms with Crippen molar-refractivity contribution in [2.45, 2.75) is 13.0 Å². The number of fused-ring (bicyclic) bond motifs is 2. The van der Waals surface area contributed by atoms with E-state index in [2.05, 4.69) is 14.8 Å². The SMILES string of the molecule is O=C(O)c1[nH]nc(-c2cn(Cc3ccc(F)cc3)c3ccccc23)c1Cc1ccc2c(c1)OCO2. The van der Waals surface area contributed by atoms with E-state index in [0.717, 1.165) is 27.6 Å². The first kappa shape index (κ1) is 21.0. The summed E-state index contributed by atoms with van der Waals surface area (Å²) in [4.78, 5) is 12.0. The zero-order chi connectivity index (χ0) is 23.9. The Labute approximate surface area is 199 Å². The summed E-state index contributed by atoms with van der Waals surface area (Å²) in [7, 11) is 0. The summed E-state index contributed by atoms with van der Waals surface area (Å²) in [6, 6.07) is 19.9. The second kappa shape index (κ2) is 8.32. The number of benzene rings is 3. The number of halogens is 1. The largest absolute Gasteiger partial charge is 0.477 e. The molecule has 0 fully saturated rings. The van der Waals surface area contributed by atoms with Crippen LogP contribution in [-0.4, -0.2) is 32.6 Å². The van der Waals surface area contributed by atoms with Crippen molar-refractivity contribution in [3.8, 4) is 22.8 Å². The maximum atomic E-state index is 13.4. The Bertz CT molecular complexity index is 1570. The topological polar surface area (TPSA) is 89.4 Å². The lowest BCUT2D eigenvalue weighted by atomic mass is 9.98. The molecule has 3 aromatic carbocycles. The fraction of sp³-hybridized carbons (Fsp3) is 0.111. The number of hydrogen-bond donors (Lipinski definition) is 2. The molecule has 2 aromatic heterocycles. The van der Waals surface area contributed by atoms with E-state index < -0.39 is 5.97 Å². The standard InChI is InChI=1S/C27H20FN3O4/c28-18-8-5-16(6-9-18)13-31-14-21(19-3-1-2-4-22(19)31)25-20(26(27(32)33)30-29-25)11-17-7-10-23-24(12-17)35-15-34-23/h1-10,12,14H,11,13,15H2,(H,29,30)(H,32,33). The second-order valence-corrected chi connectivity index (χ2v) is 8.41. The normalized spacial score (nSPS) is 12.4. The highest BCUT2D eigenvalue weighted by Crippen LogP contribution is 2.36. The summed E-state index contributed by atoms with van der Waals surface area (Å²) in [5, 5.41) is 17.9. The van der Waals surface area contributed by atoms with Gasteiger partial charge in [-0.05, 0) is 41.5 Å². The molecule has 3 heterocycles. The summed E-state index contributed by atoms with van der Waals surface area (Å²) >= 11 is 0. The minimum Gasteiger partial charge on any atom is -0.477 e. The second-order valence-electron chi connectivity index (χ2n) is 8.41. The van der Waals surface area contributed by atoms with Crippen molar-refractivity contribution >= 4 is 16.9 Å². The molecule has 0 saturated heterocycles. The van der Waals surface area contributed by atoms with Gasteiger partial charge >= 0.3 is 5.97 Å². The van der Waals surface area contributed by atoms with Gasteiger partial charge in [-0.15, -0.1) is 0 Å². The molecular formula is C27H20FN3O4. The summed E-state index contributed by atoms with van der Waals surface area (Å²) in [5.74, 6) is -0.0453. The Kier molecular flexibility index (Phi) is 4.99. The van der Waals surface area contributed by atoms with Gasteiger partial charge in [0, 0.05) is 41.2 Å². The number of carbonyl (C=O) groups is 1. The molecule has 0 saturated carbocycles. The first-order chi connectivity index (χ1) is 17.1. The highest BCUT2D eigenvalue weighted by molar-refractivity contribution is 5.98. The van der Waals surface area contributed by atoms with Gasteiger partial charge in [0.2, 0.25) is 6.79 Å². The van der Waals surface area contributed by atoms with Crippen LogP contribution in [0.3, 0.4) is 0 Å². The van der Waals surface area contributed by atoms with E-state index in [-0.39, 0.29) is 18.3 Å². The molecule has 35 heavy (non-hydrogen) atoms. The van der Waals surface area contributed by atoms with E-state index in [1.54, 1.807) is 12.1 Å². The molecule has 5 aromatic rings. The number of hydrogen-bond acceptors (Lipinski definition) is 4. The quantitative estimate of drug-likeness (QED) is 0.355. The number of rotatable bonds is 6. The molecule has 6 rings (SSSR count). The highest BCUT2D eigenvalue weighted by Gasteiger charge is 2.24. The Balaban J connectivity index is 1.45. The summed E-state index contributed by atoms with van der Waals surface area (Å²) in [6.45, 7) is 0.707. The van der Waals surface area contributed by atoms with Crippen LogP contribution in [0.1, 0.15) is 27.2 Å². The molecule has 1 aliphatic heterocycles. The number of aromatic amines is 1. The molecule has 174 valence electrons. The van der Waals surface area contributed by atoms with E-state index in [4.69, 9.17) is 9.47 Å². The summed E-state index contributed by atoms with van der Waals surface area (Å²) in [6.07, 6.45) is 2.32. The van der Waals surface area contributed by atoms with Crippen LogP contribution in [-0.2, 0) is 13.0 Å². The van der Waals surface area contributed by atoms with Crippen LogP contribution in [0.2, 0.25) is 0 Å². The Morgan fingerprint density at radius 3 is 2.63 bits per heavy atom. The van der Waals surface area contributed by atoms with E-state index in [1.807, 2.05) is 48.7 Å². The van der Waals surface area contributed by atoms with Gasteiger partial charge in [0.05, 0.1) is 5.69 Å². The molecule has 0 unspecified atom stereocenters. The first-order valence-electron chi connectivity index (χ1n) is 11.1. The number of H-pyrrole nitrogens is 1. The number of nitrogens with zero attached hydrogens (tertiary/aromatic N) is 2. The van der Waals surface area contributed by atoms with Gasteiger partial charge < -0.3 is 19.1 Å². The Morgan fingerprint density at radius 2 is 1.80 bits per heavy atom. The third-order valence-electron chi connectivity index (χ3n) is 6.21. The number of aromatic carboxylic acids is 1. The third kappa shape index (κ3) is 3.78. The molecule has 0 radical (unpaired) electrons. The summed E-state index contributed by atoms with van der Waals surface area (Å²) in [5.41, 5.74) is 4.84. The van der Waals surface area contributed by atoms with Crippen LogP contribution in [0.5, 0.6) is 11.5 Å². The predicted molar refractivity (Wildman–Crippen MR) is 127 cm³/mol. The summed E-state index contributed by atoms with van der Waals surface area (Å²) < 4.78 is 26.3. The molecular weight excluding hydrogens is 449 g/mol. The zero-order valence-corrected chi connectivity index (χ0v) is 18.5. The van der Waals surface area contributed by atoms with Gasteiger partial charge in [0.15, 0.2) is 11.5 Å². The van der Waals surface area contributed by atoms with Crippen LogP contribution >= 0.6 is 0 Å². The van der Waals surface area contributed by atoms with Crippen molar-refractivity contribution in [2.24, 2.45) is 0 Å². The predicted octanol–water partition coefficient (Wildman–Crippen LogP) is 5.24. The van der Waals surface area contributed by atoms with E-state index in [9.17, 15) is 14.3 Å². The number of aromatic nitrogens is 3. The third-order valence-corrected chi connectivity index (χ3v) is 6.21. The minimum absolute atomic E-state index is 0.0491. The van der Waals surface area contributed by atoms with Gasteiger partial charge in [-0.25, -0.2) is 9.18 Å². The minimum atomic E-state index is -1.07. The first-order valence-corrected chi connectivity index (χ1v) is 11.1. The molecule has 0 spiro atoms. The smallest absolute Gasteiger partial charge is 0.354 e. The van der Waals surface area contributed by atoms with Gasteiger partial charge in [0.25, 0.3) is 0 Å². The maximum absolute atomic E-state index is 13.4. The molecule has 1 aliphatic rings. The van der Waals surface area contributed by atoms with Crippen LogP contribution in [0.25, 0.3) is 22.2 Å². The molecule has 8 heteroatoms. The van der Waals surface area contributed by atoms with Gasteiger partial charge in [-0.1, -0.05) is 36.4 Å². The van der Waals surface area contributed by atoms with Gasteiger partial charge in [-0.3, -0.25) is 5.10 Å². The van der Waals surface area contributed by atoms with Crippen molar-refractivity contribution in [3.05, 3.63) is 101 Å². The van der Waals surface area contributed by atoms with Crippen molar-refractivity contribution in [1.29, 1.82) is 0 Å². The molecule has 0 bridgehead atoms. The van der Waals surface area contributed by atoms with Crippen molar-refractivity contribution in [3.63, 3.8) is 0 Å².